The molecule has 0 fully saturated rings. The van der Waals surface area contributed by atoms with Crippen LogP contribution in [0.5, 0.6) is 5.75 Å². The molecule has 0 saturated heterocycles. The number of rotatable bonds is 11. The Morgan fingerprint density at radius 2 is 1.79 bits per heavy atom. The summed E-state index contributed by atoms with van der Waals surface area (Å²) in [4.78, 5) is 23.9. The van der Waals surface area contributed by atoms with Gasteiger partial charge in [-0.25, -0.2) is 4.79 Å². The Morgan fingerprint density at radius 1 is 1.12 bits per heavy atom. The van der Waals surface area contributed by atoms with E-state index in [1.807, 2.05) is 6.08 Å². The highest BCUT2D eigenvalue weighted by Crippen LogP contribution is 2.19. The number of unbranched alkanes of at least 4 members (excludes halogenated alkanes) is 6. The summed E-state index contributed by atoms with van der Waals surface area (Å²) >= 11 is 0. The number of hydrogen-bond acceptors (Lipinski definition) is 4. The smallest absolute Gasteiger partial charge is 0.328 e. The van der Waals surface area contributed by atoms with E-state index in [2.05, 4.69) is 6.92 Å². The summed E-state index contributed by atoms with van der Waals surface area (Å²) in [5, 5.41) is 0. The van der Waals surface area contributed by atoms with Crippen LogP contribution in [0.4, 0.5) is 0 Å². The normalized spacial score (nSPS) is 12.3. The quantitative estimate of drug-likeness (QED) is 0.214. The molecule has 0 amide bonds. The Kier molecular flexibility index (Phi) is 9.70. The lowest BCUT2D eigenvalue weighted by atomic mass is 10.1. The van der Waals surface area contributed by atoms with Crippen molar-refractivity contribution in [2.24, 2.45) is 5.73 Å². The second kappa shape index (κ2) is 11.6. The number of benzene rings is 1. The van der Waals surface area contributed by atoms with Gasteiger partial charge in [-0.15, -0.1) is 0 Å². The van der Waals surface area contributed by atoms with Gasteiger partial charge in [-0.2, -0.15) is 0 Å². The third-order valence-corrected chi connectivity index (χ3v) is 3.73. The third kappa shape index (κ3) is 7.55. The highest BCUT2D eigenvalue weighted by atomic mass is 16.5. The van der Waals surface area contributed by atoms with E-state index in [0.717, 1.165) is 12.8 Å². The Bertz CT molecular complexity index is 550. The number of ketones is 1. The molecule has 1 aromatic carbocycles. The van der Waals surface area contributed by atoms with Crippen LogP contribution in [-0.2, 0) is 4.79 Å². The standard InChI is InChI=1S/C20H29NO3/c1-3-4-5-6-7-8-9-10-14-18(22)17-13-11-12-15-19(17)24-20(23)16(2)21/h10-16H,3-9,21H2,1-2H3/t16-/m0/s1. The fourth-order valence-corrected chi connectivity index (χ4v) is 2.28. The van der Waals surface area contributed by atoms with Crippen molar-refractivity contribution in [2.45, 2.75) is 64.8 Å². The van der Waals surface area contributed by atoms with E-state index in [1.54, 1.807) is 37.3 Å². The number of esters is 1. The molecular formula is C20H29NO3. The first kappa shape index (κ1) is 20.1. The molecule has 0 saturated carbocycles. The van der Waals surface area contributed by atoms with Gasteiger partial charge in [0, 0.05) is 0 Å². The molecule has 24 heavy (non-hydrogen) atoms. The summed E-state index contributed by atoms with van der Waals surface area (Å²) in [5.41, 5.74) is 5.87. The van der Waals surface area contributed by atoms with Crippen LogP contribution in [0.3, 0.4) is 0 Å². The van der Waals surface area contributed by atoms with Gasteiger partial charge < -0.3 is 10.5 Å². The minimum atomic E-state index is -0.726. The molecule has 132 valence electrons. The summed E-state index contributed by atoms with van der Waals surface area (Å²) in [6, 6.07) is 6.01. The number of carbonyl (C=O) groups is 2. The van der Waals surface area contributed by atoms with Crippen molar-refractivity contribution in [3.8, 4) is 5.75 Å². The molecule has 1 atom stereocenters. The van der Waals surface area contributed by atoms with Gasteiger partial charge in [0.1, 0.15) is 11.8 Å². The topological polar surface area (TPSA) is 69.4 Å². The van der Waals surface area contributed by atoms with Gasteiger partial charge in [0.15, 0.2) is 5.78 Å². The Morgan fingerprint density at radius 3 is 2.50 bits per heavy atom. The predicted molar refractivity (Wildman–Crippen MR) is 97.2 cm³/mol. The molecule has 0 heterocycles. The van der Waals surface area contributed by atoms with Crippen molar-refractivity contribution in [3.05, 3.63) is 42.0 Å². The van der Waals surface area contributed by atoms with E-state index in [0.29, 0.717) is 5.56 Å². The van der Waals surface area contributed by atoms with Gasteiger partial charge in [-0.1, -0.05) is 57.2 Å². The molecule has 0 unspecified atom stereocenters. The molecule has 0 aliphatic carbocycles. The second-order valence-corrected chi connectivity index (χ2v) is 6.03. The van der Waals surface area contributed by atoms with Crippen molar-refractivity contribution in [3.63, 3.8) is 0 Å². The Labute approximate surface area is 145 Å². The van der Waals surface area contributed by atoms with Crippen molar-refractivity contribution in [1.82, 2.24) is 0 Å². The first-order valence-corrected chi connectivity index (χ1v) is 8.83. The highest BCUT2D eigenvalue weighted by molar-refractivity contribution is 6.06. The van der Waals surface area contributed by atoms with Gasteiger partial charge in [0.05, 0.1) is 5.56 Å². The third-order valence-electron chi connectivity index (χ3n) is 3.73. The van der Waals surface area contributed by atoms with E-state index >= 15 is 0 Å². The Hall–Kier alpha value is -1.94. The van der Waals surface area contributed by atoms with Crippen molar-refractivity contribution in [1.29, 1.82) is 0 Å². The van der Waals surface area contributed by atoms with Crippen molar-refractivity contribution >= 4 is 11.8 Å². The monoisotopic (exact) mass is 331 g/mol. The minimum Gasteiger partial charge on any atom is -0.425 e. The van der Waals surface area contributed by atoms with Crippen LogP contribution >= 0.6 is 0 Å². The molecule has 4 heteroatoms. The maximum Gasteiger partial charge on any atom is 0.328 e. The van der Waals surface area contributed by atoms with Gasteiger partial charge in [0.25, 0.3) is 0 Å². The van der Waals surface area contributed by atoms with Crippen LogP contribution in [0.25, 0.3) is 0 Å². The first-order chi connectivity index (χ1) is 11.6. The summed E-state index contributed by atoms with van der Waals surface area (Å²) in [6.45, 7) is 3.75. The summed E-state index contributed by atoms with van der Waals surface area (Å²) in [5.74, 6) is -0.450. The average molecular weight is 331 g/mol. The lowest BCUT2D eigenvalue weighted by molar-refractivity contribution is -0.135. The van der Waals surface area contributed by atoms with Crippen LogP contribution < -0.4 is 10.5 Å². The fraction of sp³-hybridized carbons (Fsp3) is 0.500. The van der Waals surface area contributed by atoms with E-state index in [9.17, 15) is 9.59 Å². The number of carbonyl (C=O) groups excluding carboxylic acids is 2. The average Bonchev–Trinajstić information content (AvgIpc) is 2.57. The van der Waals surface area contributed by atoms with Gasteiger partial charge in [-0.05, 0) is 38.0 Å². The molecule has 0 radical (unpaired) electrons. The van der Waals surface area contributed by atoms with E-state index in [1.165, 1.54) is 32.1 Å². The molecular weight excluding hydrogens is 302 g/mol. The zero-order valence-electron chi connectivity index (χ0n) is 14.8. The molecule has 0 bridgehead atoms. The molecule has 1 aromatic rings. The maximum atomic E-state index is 12.3. The summed E-state index contributed by atoms with van der Waals surface area (Å²) in [6.07, 6.45) is 11.7. The zero-order chi connectivity index (χ0) is 17.8. The van der Waals surface area contributed by atoms with Crippen molar-refractivity contribution in [2.75, 3.05) is 0 Å². The van der Waals surface area contributed by atoms with E-state index < -0.39 is 12.0 Å². The molecule has 0 aliphatic heterocycles. The summed E-state index contributed by atoms with van der Waals surface area (Å²) < 4.78 is 5.19. The van der Waals surface area contributed by atoms with Gasteiger partial charge in [-0.3, -0.25) is 4.79 Å². The van der Waals surface area contributed by atoms with Crippen LogP contribution in [0.15, 0.2) is 36.4 Å². The minimum absolute atomic E-state index is 0.158. The van der Waals surface area contributed by atoms with Crippen LogP contribution in [0.2, 0.25) is 0 Å². The molecule has 0 aliphatic rings. The maximum absolute atomic E-state index is 12.3. The number of hydrogen-bond donors (Lipinski definition) is 1. The van der Waals surface area contributed by atoms with Crippen LogP contribution in [0, 0.1) is 0 Å². The molecule has 1 rings (SSSR count). The van der Waals surface area contributed by atoms with E-state index in [-0.39, 0.29) is 11.5 Å². The molecule has 2 N–H and O–H groups in total. The number of nitrogens with two attached hydrogens (primary N) is 1. The van der Waals surface area contributed by atoms with Gasteiger partial charge >= 0.3 is 5.97 Å². The van der Waals surface area contributed by atoms with E-state index in [4.69, 9.17) is 10.5 Å². The zero-order valence-corrected chi connectivity index (χ0v) is 14.8. The highest BCUT2D eigenvalue weighted by Gasteiger charge is 2.15. The lowest BCUT2D eigenvalue weighted by Gasteiger charge is -2.09. The summed E-state index contributed by atoms with van der Waals surface area (Å²) in [7, 11) is 0. The second-order valence-electron chi connectivity index (χ2n) is 6.03. The SMILES string of the molecule is CCCCCCCCC=CC(=O)c1ccccc1OC(=O)[C@H](C)N. The first-order valence-electron chi connectivity index (χ1n) is 8.83. The van der Waals surface area contributed by atoms with Crippen molar-refractivity contribution < 1.29 is 14.3 Å². The number of allylic oxidation sites excluding steroid dienone is 2. The van der Waals surface area contributed by atoms with Gasteiger partial charge in [0.2, 0.25) is 0 Å². The largest absolute Gasteiger partial charge is 0.425 e. The molecule has 4 nitrogen and oxygen atoms in total. The number of ether oxygens (including phenoxy) is 1. The van der Waals surface area contributed by atoms with Crippen LogP contribution in [-0.4, -0.2) is 17.8 Å². The lowest BCUT2D eigenvalue weighted by Crippen LogP contribution is -2.31. The molecule has 0 spiro atoms. The number of para-hydroxylation sites is 1. The fourth-order valence-electron chi connectivity index (χ4n) is 2.28. The predicted octanol–water partition coefficient (Wildman–Crippen LogP) is 4.43. The van der Waals surface area contributed by atoms with Crippen LogP contribution in [0.1, 0.15) is 69.2 Å². The molecule has 0 aromatic heterocycles. The Balaban J connectivity index is 2.50.